The molecular weight excluding hydrogens is 490 g/mol. The Morgan fingerprint density at radius 2 is 2.03 bits per heavy atom. The Morgan fingerprint density at radius 1 is 1.20 bits per heavy atom. The highest BCUT2D eigenvalue weighted by molar-refractivity contribution is 7.21. The number of anilines is 1. The van der Waals surface area contributed by atoms with Crippen molar-refractivity contribution in [3.8, 4) is 17.3 Å². The number of hydrogen-bond acceptors (Lipinski definition) is 9. The van der Waals surface area contributed by atoms with E-state index in [4.69, 9.17) is 32.5 Å². The van der Waals surface area contributed by atoms with E-state index in [0.717, 1.165) is 62.0 Å². The van der Waals surface area contributed by atoms with Gasteiger partial charge in [0.1, 0.15) is 16.3 Å². The molecule has 182 valence electrons. The molecule has 0 bridgehead atoms. The van der Waals surface area contributed by atoms with Gasteiger partial charge in [0.25, 0.3) is 5.91 Å². The molecule has 3 aromatic heterocycles. The fourth-order valence-electron chi connectivity index (χ4n) is 3.91. The molecule has 0 aliphatic carbocycles. The summed E-state index contributed by atoms with van der Waals surface area (Å²) in [6.07, 6.45) is 1.93. The van der Waals surface area contributed by atoms with Crippen LogP contribution in [0.4, 0.5) is 5.69 Å². The minimum atomic E-state index is -0.618. The number of fused-ring (bicyclic) bond motifs is 1. The van der Waals surface area contributed by atoms with Gasteiger partial charge >= 0.3 is 6.01 Å². The zero-order valence-electron chi connectivity index (χ0n) is 18.8. The normalized spacial score (nSPS) is 14.4. The Bertz CT molecular complexity index is 1370. The molecule has 1 amide bonds. The van der Waals surface area contributed by atoms with E-state index >= 15 is 0 Å². The van der Waals surface area contributed by atoms with Crippen molar-refractivity contribution in [2.24, 2.45) is 5.73 Å². The first-order valence-electron chi connectivity index (χ1n) is 11.1. The van der Waals surface area contributed by atoms with Gasteiger partial charge in [0.05, 0.1) is 42.2 Å². The van der Waals surface area contributed by atoms with Crippen LogP contribution in [0.25, 0.3) is 21.5 Å². The molecule has 1 aromatic carbocycles. The number of nitrogen functional groups attached to an aromatic ring is 1. The molecule has 1 aliphatic heterocycles. The summed E-state index contributed by atoms with van der Waals surface area (Å²) < 4.78 is 13.2. The van der Waals surface area contributed by atoms with Crippen LogP contribution in [-0.4, -0.2) is 63.4 Å². The number of amides is 1. The number of rotatable bonds is 8. The molecule has 35 heavy (non-hydrogen) atoms. The molecule has 0 unspecified atom stereocenters. The molecule has 4 N–H and O–H groups in total. The maximum atomic E-state index is 11.9. The summed E-state index contributed by atoms with van der Waals surface area (Å²) in [5.41, 5.74) is 14.0. The third-order valence-electron chi connectivity index (χ3n) is 5.68. The van der Waals surface area contributed by atoms with E-state index in [1.54, 1.807) is 12.1 Å². The largest absolute Gasteiger partial charge is 0.457 e. The SMILES string of the molecule is NC(=O)c1sc2nc(OCc3ccn(CCN4CCOCC4)n3)nc(-c3cccc(Cl)c3)c2c1N. The van der Waals surface area contributed by atoms with Gasteiger partial charge in [0.15, 0.2) is 0 Å². The van der Waals surface area contributed by atoms with Gasteiger partial charge in [0, 0.05) is 36.4 Å². The quantitative estimate of drug-likeness (QED) is 0.367. The summed E-state index contributed by atoms with van der Waals surface area (Å²) in [5.74, 6) is -0.618. The van der Waals surface area contributed by atoms with Crippen molar-refractivity contribution in [1.29, 1.82) is 0 Å². The highest BCUT2D eigenvalue weighted by Gasteiger charge is 2.21. The van der Waals surface area contributed by atoms with Gasteiger partial charge in [-0.3, -0.25) is 14.4 Å². The third-order valence-corrected chi connectivity index (χ3v) is 7.03. The van der Waals surface area contributed by atoms with Gasteiger partial charge in [0.2, 0.25) is 0 Å². The monoisotopic (exact) mass is 513 g/mol. The minimum absolute atomic E-state index is 0.146. The van der Waals surface area contributed by atoms with Crippen molar-refractivity contribution in [2.45, 2.75) is 13.2 Å². The lowest BCUT2D eigenvalue weighted by Gasteiger charge is -2.26. The maximum Gasteiger partial charge on any atom is 0.318 e. The van der Waals surface area contributed by atoms with E-state index in [9.17, 15) is 4.79 Å². The Kier molecular flexibility index (Phi) is 6.82. The standard InChI is InChI=1S/C23H24ClN7O3S/c24-15-3-1-2-14(12-15)19-17-18(25)20(21(26)32)35-22(17)28-23(27-19)34-13-16-4-5-31(29-16)7-6-30-8-10-33-11-9-30/h1-5,12H,6-11,13,25H2,(H2,26,32). The van der Waals surface area contributed by atoms with Crippen molar-refractivity contribution in [3.05, 3.63) is 52.1 Å². The molecule has 0 atom stereocenters. The Hall–Kier alpha value is -3.25. The molecule has 1 aliphatic rings. The number of nitrogens with zero attached hydrogens (tertiary/aromatic N) is 5. The van der Waals surface area contributed by atoms with E-state index in [2.05, 4.69) is 20.0 Å². The van der Waals surface area contributed by atoms with Crippen molar-refractivity contribution < 1.29 is 14.3 Å². The van der Waals surface area contributed by atoms with Crippen LogP contribution in [0.5, 0.6) is 6.01 Å². The van der Waals surface area contributed by atoms with Gasteiger partial charge in [-0.15, -0.1) is 11.3 Å². The Balaban J connectivity index is 1.37. The van der Waals surface area contributed by atoms with Crippen molar-refractivity contribution in [2.75, 3.05) is 38.6 Å². The first kappa shape index (κ1) is 23.5. The first-order chi connectivity index (χ1) is 17.0. The fourth-order valence-corrected chi connectivity index (χ4v) is 5.04. The molecule has 5 rings (SSSR count). The van der Waals surface area contributed by atoms with Crippen LogP contribution >= 0.6 is 22.9 Å². The molecule has 1 saturated heterocycles. The molecule has 12 heteroatoms. The predicted octanol–water partition coefficient (Wildman–Crippen LogP) is 2.80. The molecule has 10 nitrogen and oxygen atoms in total. The summed E-state index contributed by atoms with van der Waals surface area (Å²) in [5, 5.41) is 5.68. The van der Waals surface area contributed by atoms with Gasteiger partial charge in [-0.2, -0.15) is 15.1 Å². The second-order valence-corrected chi connectivity index (χ2v) is 9.50. The number of thiophene rings is 1. The number of primary amides is 1. The Labute approximate surface area is 210 Å². The number of hydrogen-bond donors (Lipinski definition) is 2. The smallest absolute Gasteiger partial charge is 0.318 e. The van der Waals surface area contributed by atoms with Crippen LogP contribution < -0.4 is 16.2 Å². The second kappa shape index (κ2) is 10.2. The summed E-state index contributed by atoms with van der Waals surface area (Å²) in [7, 11) is 0. The predicted molar refractivity (Wildman–Crippen MR) is 135 cm³/mol. The lowest BCUT2D eigenvalue weighted by atomic mass is 10.1. The van der Waals surface area contributed by atoms with Crippen LogP contribution in [-0.2, 0) is 17.9 Å². The highest BCUT2D eigenvalue weighted by atomic mass is 35.5. The zero-order valence-corrected chi connectivity index (χ0v) is 20.4. The number of benzene rings is 1. The van der Waals surface area contributed by atoms with Gasteiger partial charge in [-0.05, 0) is 18.2 Å². The number of aromatic nitrogens is 4. The van der Waals surface area contributed by atoms with Crippen LogP contribution in [0.2, 0.25) is 5.02 Å². The number of morpholine rings is 1. The molecule has 0 radical (unpaired) electrons. The van der Waals surface area contributed by atoms with E-state index in [-0.39, 0.29) is 23.2 Å². The topological polar surface area (TPSA) is 134 Å². The van der Waals surface area contributed by atoms with E-state index in [1.807, 2.05) is 29.1 Å². The number of carbonyl (C=O) groups is 1. The number of carbonyl (C=O) groups excluding carboxylic acids is 1. The van der Waals surface area contributed by atoms with Crippen molar-refractivity contribution in [1.82, 2.24) is 24.6 Å². The second-order valence-electron chi connectivity index (χ2n) is 8.07. The minimum Gasteiger partial charge on any atom is -0.457 e. The molecule has 1 fully saturated rings. The zero-order chi connectivity index (χ0) is 24.4. The van der Waals surface area contributed by atoms with Gasteiger partial charge in [-0.25, -0.2) is 0 Å². The summed E-state index contributed by atoms with van der Waals surface area (Å²) in [6, 6.07) is 9.26. The highest BCUT2D eigenvalue weighted by Crippen LogP contribution is 2.39. The van der Waals surface area contributed by atoms with Crippen LogP contribution in [0.15, 0.2) is 36.5 Å². The Morgan fingerprint density at radius 3 is 2.80 bits per heavy atom. The third kappa shape index (κ3) is 5.22. The van der Waals surface area contributed by atoms with E-state index < -0.39 is 5.91 Å². The first-order valence-corrected chi connectivity index (χ1v) is 12.3. The van der Waals surface area contributed by atoms with Crippen LogP contribution in [0.3, 0.4) is 0 Å². The van der Waals surface area contributed by atoms with E-state index in [0.29, 0.717) is 20.9 Å². The van der Waals surface area contributed by atoms with Gasteiger partial charge in [-0.1, -0.05) is 23.7 Å². The van der Waals surface area contributed by atoms with Crippen LogP contribution in [0.1, 0.15) is 15.4 Å². The van der Waals surface area contributed by atoms with Crippen LogP contribution in [0, 0.1) is 0 Å². The average Bonchev–Trinajstić information content (AvgIpc) is 3.46. The summed E-state index contributed by atoms with van der Waals surface area (Å²) in [4.78, 5) is 24.0. The number of ether oxygens (including phenoxy) is 2. The van der Waals surface area contributed by atoms with Crippen molar-refractivity contribution >= 4 is 44.7 Å². The average molecular weight is 514 g/mol. The molecule has 4 heterocycles. The number of nitrogens with two attached hydrogens (primary N) is 2. The molecule has 4 aromatic rings. The lowest BCUT2D eigenvalue weighted by Crippen LogP contribution is -2.38. The summed E-state index contributed by atoms with van der Waals surface area (Å²) in [6.45, 7) is 5.32. The summed E-state index contributed by atoms with van der Waals surface area (Å²) >= 11 is 7.31. The van der Waals surface area contributed by atoms with Gasteiger partial charge < -0.3 is 20.9 Å². The maximum absolute atomic E-state index is 11.9. The molecular formula is C23H24ClN7O3S. The van der Waals surface area contributed by atoms with Crippen molar-refractivity contribution in [3.63, 3.8) is 0 Å². The molecule has 0 saturated carbocycles. The number of halogens is 1. The van der Waals surface area contributed by atoms with E-state index in [1.165, 1.54) is 0 Å². The molecule has 0 spiro atoms. The lowest BCUT2D eigenvalue weighted by molar-refractivity contribution is 0.0359. The fraction of sp³-hybridized carbons (Fsp3) is 0.304.